The van der Waals surface area contributed by atoms with Crippen LogP contribution < -0.4 is 5.32 Å². The van der Waals surface area contributed by atoms with Gasteiger partial charge in [-0.2, -0.15) is 11.8 Å². The molecule has 0 aliphatic carbocycles. The number of aliphatic hydroxyl groups is 1. The third-order valence-corrected chi connectivity index (χ3v) is 3.99. The second-order valence-corrected chi connectivity index (χ2v) is 5.72. The summed E-state index contributed by atoms with van der Waals surface area (Å²) in [5.74, 6) is 1.69. The maximum atomic E-state index is 11.7. The van der Waals surface area contributed by atoms with Crippen molar-refractivity contribution in [3.8, 4) is 0 Å². The Morgan fingerprint density at radius 2 is 2.24 bits per heavy atom. The molecule has 1 saturated heterocycles. The van der Waals surface area contributed by atoms with Crippen LogP contribution in [0, 0.1) is 0 Å². The van der Waals surface area contributed by atoms with Crippen LogP contribution in [-0.4, -0.2) is 34.7 Å². The lowest BCUT2D eigenvalue weighted by Crippen LogP contribution is -2.45. The Kier molecular flexibility index (Phi) is 4.01. The van der Waals surface area contributed by atoms with Crippen LogP contribution in [0.15, 0.2) is 16.5 Å². The van der Waals surface area contributed by atoms with Gasteiger partial charge in [0, 0.05) is 6.54 Å². The Morgan fingerprint density at radius 3 is 2.82 bits per heavy atom. The van der Waals surface area contributed by atoms with E-state index in [2.05, 4.69) is 5.32 Å². The first-order valence-electron chi connectivity index (χ1n) is 5.43. The smallest absolute Gasteiger partial charge is 0.287 e. The normalized spacial score (nSPS) is 18.9. The van der Waals surface area contributed by atoms with Gasteiger partial charge in [-0.3, -0.25) is 4.79 Å². The Hall–Kier alpha value is -0.650. The summed E-state index contributed by atoms with van der Waals surface area (Å²) in [5.41, 5.74) is -0.780. The molecule has 0 aromatic carbocycles. The molecule has 0 saturated carbocycles. The third-order valence-electron chi connectivity index (χ3n) is 2.80. The minimum Gasteiger partial charge on any atom is -0.440 e. The van der Waals surface area contributed by atoms with Crippen molar-refractivity contribution in [1.29, 1.82) is 0 Å². The van der Waals surface area contributed by atoms with Crippen LogP contribution in [-0.2, 0) is 0 Å². The molecule has 0 bridgehead atoms. The zero-order chi connectivity index (χ0) is 12.3. The van der Waals surface area contributed by atoms with E-state index in [1.807, 2.05) is 11.8 Å². The molecule has 1 amide bonds. The van der Waals surface area contributed by atoms with Gasteiger partial charge in [0.1, 0.15) is 0 Å². The lowest BCUT2D eigenvalue weighted by Gasteiger charge is -2.31. The van der Waals surface area contributed by atoms with Gasteiger partial charge in [-0.25, -0.2) is 0 Å². The average Bonchev–Trinajstić information content (AvgIpc) is 2.74. The van der Waals surface area contributed by atoms with Crippen LogP contribution in [0.3, 0.4) is 0 Å². The molecule has 1 aliphatic heterocycles. The zero-order valence-electron chi connectivity index (χ0n) is 9.24. The molecule has 0 unspecified atom stereocenters. The van der Waals surface area contributed by atoms with Crippen LogP contribution >= 0.6 is 23.4 Å². The van der Waals surface area contributed by atoms with E-state index in [1.165, 1.54) is 12.1 Å². The maximum absolute atomic E-state index is 11.7. The Labute approximate surface area is 109 Å². The first kappa shape index (κ1) is 12.8. The van der Waals surface area contributed by atoms with E-state index in [-0.39, 0.29) is 23.4 Å². The van der Waals surface area contributed by atoms with Crippen molar-refractivity contribution in [3.63, 3.8) is 0 Å². The molecule has 1 aromatic rings. The second-order valence-electron chi connectivity index (χ2n) is 4.12. The Balaban J connectivity index is 1.87. The lowest BCUT2D eigenvalue weighted by atomic mass is 9.97. The SMILES string of the molecule is O=C(NCC1(O)CCSCC1)c1ccc(Cl)o1. The molecule has 0 radical (unpaired) electrons. The van der Waals surface area contributed by atoms with Crippen LogP contribution in [0.4, 0.5) is 0 Å². The van der Waals surface area contributed by atoms with E-state index < -0.39 is 5.60 Å². The summed E-state index contributed by atoms with van der Waals surface area (Å²) in [7, 11) is 0. The van der Waals surface area contributed by atoms with E-state index >= 15 is 0 Å². The number of carbonyl (C=O) groups excluding carboxylic acids is 1. The van der Waals surface area contributed by atoms with Gasteiger partial charge in [0.25, 0.3) is 5.91 Å². The predicted molar refractivity (Wildman–Crippen MR) is 67.6 cm³/mol. The number of thioether (sulfide) groups is 1. The number of rotatable bonds is 3. The zero-order valence-corrected chi connectivity index (χ0v) is 10.8. The topological polar surface area (TPSA) is 62.5 Å². The molecule has 2 N–H and O–H groups in total. The summed E-state index contributed by atoms with van der Waals surface area (Å²) in [6.07, 6.45) is 1.41. The molecule has 6 heteroatoms. The molecule has 2 rings (SSSR count). The standard InChI is InChI=1S/C11H14ClNO3S/c12-9-2-1-8(16-9)10(14)13-7-11(15)3-5-17-6-4-11/h1-2,15H,3-7H2,(H,13,14). The molecule has 1 aliphatic rings. The van der Waals surface area contributed by atoms with E-state index in [4.69, 9.17) is 16.0 Å². The van der Waals surface area contributed by atoms with Crippen molar-refractivity contribution >= 4 is 29.3 Å². The lowest BCUT2D eigenvalue weighted by molar-refractivity contribution is 0.0307. The minimum absolute atomic E-state index is 0.170. The fraction of sp³-hybridized carbons (Fsp3) is 0.545. The number of nitrogens with one attached hydrogen (secondary N) is 1. The van der Waals surface area contributed by atoms with Gasteiger partial charge in [0.2, 0.25) is 0 Å². The monoisotopic (exact) mass is 275 g/mol. The van der Waals surface area contributed by atoms with Crippen LogP contribution in [0.25, 0.3) is 0 Å². The molecule has 1 aromatic heterocycles. The van der Waals surface area contributed by atoms with Crippen LogP contribution in [0.5, 0.6) is 0 Å². The van der Waals surface area contributed by atoms with Gasteiger partial charge in [0.05, 0.1) is 5.60 Å². The summed E-state index contributed by atoms with van der Waals surface area (Å²) < 4.78 is 4.99. The summed E-state index contributed by atoms with van der Waals surface area (Å²) in [6, 6.07) is 3.03. The predicted octanol–water partition coefficient (Wildman–Crippen LogP) is 1.92. The van der Waals surface area contributed by atoms with E-state index in [9.17, 15) is 9.90 Å². The maximum Gasteiger partial charge on any atom is 0.287 e. The Morgan fingerprint density at radius 1 is 1.53 bits per heavy atom. The molecule has 2 heterocycles. The summed E-state index contributed by atoms with van der Waals surface area (Å²) in [5, 5.41) is 13.0. The Bertz CT molecular complexity index is 401. The van der Waals surface area contributed by atoms with Gasteiger partial charge in [-0.1, -0.05) is 0 Å². The summed E-state index contributed by atoms with van der Waals surface area (Å²) >= 11 is 7.40. The highest BCUT2D eigenvalue weighted by Gasteiger charge is 2.30. The molecule has 94 valence electrons. The number of halogens is 1. The van der Waals surface area contributed by atoms with Gasteiger partial charge in [-0.05, 0) is 48.1 Å². The highest BCUT2D eigenvalue weighted by atomic mass is 35.5. The molecule has 0 spiro atoms. The molecular formula is C11H14ClNO3S. The number of furan rings is 1. The van der Waals surface area contributed by atoms with Crippen molar-refractivity contribution < 1.29 is 14.3 Å². The van der Waals surface area contributed by atoms with Crippen LogP contribution in [0.2, 0.25) is 5.22 Å². The number of carbonyl (C=O) groups is 1. The highest BCUT2D eigenvalue weighted by molar-refractivity contribution is 7.99. The largest absolute Gasteiger partial charge is 0.440 e. The van der Waals surface area contributed by atoms with E-state index in [1.54, 1.807) is 0 Å². The van der Waals surface area contributed by atoms with Crippen molar-refractivity contribution in [1.82, 2.24) is 5.32 Å². The van der Waals surface area contributed by atoms with E-state index in [0.717, 1.165) is 11.5 Å². The van der Waals surface area contributed by atoms with Gasteiger partial charge < -0.3 is 14.8 Å². The van der Waals surface area contributed by atoms with Crippen molar-refractivity contribution in [2.24, 2.45) is 0 Å². The number of amides is 1. The quantitative estimate of drug-likeness (QED) is 0.885. The van der Waals surface area contributed by atoms with Crippen molar-refractivity contribution in [2.45, 2.75) is 18.4 Å². The van der Waals surface area contributed by atoms with Crippen molar-refractivity contribution in [2.75, 3.05) is 18.1 Å². The number of hydrogen-bond acceptors (Lipinski definition) is 4. The van der Waals surface area contributed by atoms with Gasteiger partial charge in [-0.15, -0.1) is 0 Å². The van der Waals surface area contributed by atoms with Gasteiger partial charge in [0.15, 0.2) is 11.0 Å². The first-order chi connectivity index (χ1) is 8.09. The molecule has 17 heavy (non-hydrogen) atoms. The number of hydrogen-bond donors (Lipinski definition) is 2. The molecule has 0 atom stereocenters. The minimum atomic E-state index is -0.780. The molecule has 1 fully saturated rings. The fourth-order valence-corrected chi connectivity index (χ4v) is 3.10. The fourth-order valence-electron chi connectivity index (χ4n) is 1.70. The van der Waals surface area contributed by atoms with Crippen molar-refractivity contribution in [3.05, 3.63) is 23.1 Å². The third kappa shape index (κ3) is 3.40. The van der Waals surface area contributed by atoms with Gasteiger partial charge >= 0.3 is 0 Å². The summed E-state index contributed by atoms with van der Waals surface area (Å²) in [6.45, 7) is 0.255. The highest BCUT2D eigenvalue weighted by Crippen LogP contribution is 2.26. The second kappa shape index (κ2) is 5.33. The average molecular weight is 276 g/mol. The summed E-state index contributed by atoms with van der Waals surface area (Å²) in [4.78, 5) is 11.7. The molecular weight excluding hydrogens is 262 g/mol. The van der Waals surface area contributed by atoms with Crippen LogP contribution in [0.1, 0.15) is 23.4 Å². The first-order valence-corrected chi connectivity index (χ1v) is 6.96. The van der Waals surface area contributed by atoms with E-state index in [0.29, 0.717) is 12.8 Å². The molecule has 4 nitrogen and oxygen atoms in total.